The van der Waals surface area contributed by atoms with Crippen molar-refractivity contribution in [1.29, 1.82) is 5.41 Å². The predicted molar refractivity (Wildman–Crippen MR) is 211 cm³/mol. The van der Waals surface area contributed by atoms with E-state index in [0.717, 1.165) is 63.5 Å². The summed E-state index contributed by atoms with van der Waals surface area (Å²) in [6.45, 7) is 26.8. The van der Waals surface area contributed by atoms with Gasteiger partial charge in [-0.2, -0.15) is 20.2 Å². The molecule has 0 spiro atoms. The first-order chi connectivity index (χ1) is 23.6. The van der Waals surface area contributed by atoms with Crippen LogP contribution in [0.1, 0.15) is 153 Å². The van der Waals surface area contributed by atoms with Gasteiger partial charge in [0.15, 0.2) is 5.96 Å². The molecule has 0 amide bonds. The van der Waals surface area contributed by atoms with Crippen LogP contribution in [0.5, 0.6) is 0 Å². The summed E-state index contributed by atoms with van der Waals surface area (Å²) in [4.78, 5) is 26.6. The molecular formula is C40H80N8O3. The number of nitrogens with two attached hydrogens (primary N) is 1. The van der Waals surface area contributed by atoms with Gasteiger partial charge in [-0.25, -0.2) is 0 Å². The van der Waals surface area contributed by atoms with Gasteiger partial charge in [0.2, 0.25) is 5.96 Å². The lowest BCUT2D eigenvalue weighted by molar-refractivity contribution is -0.274. The predicted octanol–water partition coefficient (Wildman–Crippen LogP) is 7.66. The summed E-state index contributed by atoms with van der Waals surface area (Å²) in [6.07, 6.45) is 13.2. The minimum Gasteiger partial charge on any atom is -0.369 e. The van der Waals surface area contributed by atoms with Gasteiger partial charge in [-0.15, -0.1) is 0 Å². The van der Waals surface area contributed by atoms with E-state index in [1.54, 1.807) is 14.2 Å². The number of nitrogens with one attached hydrogen (secondary N) is 1. The lowest BCUT2D eigenvalue weighted by Crippen LogP contribution is -2.64. The molecule has 3 heterocycles. The van der Waals surface area contributed by atoms with Crippen molar-refractivity contribution < 1.29 is 14.5 Å². The van der Waals surface area contributed by atoms with Crippen LogP contribution >= 0.6 is 0 Å². The number of hydrogen-bond donors (Lipinski definition) is 2. The topological polar surface area (TPSA) is 106 Å². The van der Waals surface area contributed by atoms with E-state index in [1.165, 1.54) is 38.5 Å². The second-order valence-corrected chi connectivity index (χ2v) is 19.1. The van der Waals surface area contributed by atoms with Crippen LogP contribution in [0.4, 0.5) is 0 Å². The molecule has 0 aliphatic carbocycles. The Labute approximate surface area is 313 Å². The van der Waals surface area contributed by atoms with Crippen molar-refractivity contribution in [3.63, 3.8) is 0 Å². The quantitative estimate of drug-likeness (QED) is 0.106. The van der Waals surface area contributed by atoms with E-state index in [2.05, 4.69) is 91.2 Å². The summed E-state index contributed by atoms with van der Waals surface area (Å²) >= 11 is 0. The minimum absolute atomic E-state index is 0.0332. The second kappa shape index (κ2) is 17.3. The Morgan fingerprint density at radius 2 is 1.24 bits per heavy atom. The van der Waals surface area contributed by atoms with Gasteiger partial charge >= 0.3 is 0 Å². The van der Waals surface area contributed by atoms with Gasteiger partial charge in [0.25, 0.3) is 0 Å². The highest BCUT2D eigenvalue weighted by Gasteiger charge is 2.49. The number of piperidine rings is 3. The number of aliphatic imine (C=N–C) groups is 1. The van der Waals surface area contributed by atoms with Crippen molar-refractivity contribution in [3.05, 3.63) is 0 Å². The summed E-state index contributed by atoms with van der Waals surface area (Å²) in [5, 5.41) is 15.5. The molecule has 3 rings (SSSR count). The fraction of sp³-hybridized carbons (Fsp3) is 0.950. The highest BCUT2D eigenvalue weighted by Crippen LogP contribution is 2.46. The monoisotopic (exact) mass is 721 g/mol. The average Bonchev–Trinajstić information content (AvgIpc) is 2.99. The summed E-state index contributed by atoms with van der Waals surface area (Å²) in [7, 11) is 7.33. The van der Waals surface area contributed by atoms with Crippen LogP contribution in [0.15, 0.2) is 4.99 Å². The van der Waals surface area contributed by atoms with Crippen LogP contribution < -0.4 is 5.73 Å². The molecule has 0 bridgehead atoms. The molecule has 2 unspecified atom stereocenters. The standard InChI is InChI=1S/C40H80N8O3/c1-16-30(31-25-37(4,5)47(50-14)38(6,7)26-31)21-19-17-18-20-23-45(33-28-39(8,9)48(51-15)40(10,11)29-33)35(42)43-34(41)44(12)32-22-24-46(49-13)36(2,3)27-32/h30-33H,16-29H2,1-15H3,(H3,41,42,43). The molecule has 0 aromatic rings. The van der Waals surface area contributed by atoms with Crippen LogP contribution in [-0.2, 0) is 14.5 Å². The minimum atomic E-state index is -0.178. The van der Waals surface area contributed by atoms with Crippen molar-refractivity contribution in [1.82, 2.24) is 25.0 Å². The van der Waals surface area contributed by atoms with E-state index in [9.17, 15) is 0 Å². The highest BCUT2D eigenvalue weighted by atomic mass is 16.7. The Kier molecular flexibility index (Phi) is 14.9. The SMILES string of the molecule is CCC(CCCCCCN(C(N)=NC(=N)N(C)C1CCN(OC)C(C)(C)C1)C1CC(C)(C)N(OC)C(C)(C)C1)C1CC(C)(C)N(OC)C(C)(C)C1. The highest BCUT2D eigenvalue weighted by molar-refractivity contribution is 5.92. The van der Waals surface area contributed by atoms with Crippen LogP contribution in [0.25, 0.3) is 0 Å². The summed E-state index contributed by atoms with van der Waals surface area (Å²) < 4.78 is 0. The number of nitrogens with zero attached hydrogens (tertiary/aromatic N) is 6. The zero-order chi connectivity index (χ0) is 38.6. The Morgan fingerprint density at radius 3 is 1.71 bits per heavy atom. The van der Waals surface area contributed by atoms with E-state index < -0.39 is 0 Å². The van der Waals surface area contributed by atoms with Gasteiger partial charge in [0.05, 0.1) is 21.3 Å². The number of rotatable bonds is 14. The Hall–Kier alpha value is -1.50. The fourth-order valence-electron chi connectivity index (χ4n) is 10.8. The molecule has 3 N–H and O–H groups in total. The van der Waals surface area contributed by atoms with Crippen LogP contribution in [0.3, 0.4) is 0 Å². The third kappa shape index (κ3) is 10.6. The van der Waals surface area contributed by atoms with Crippen LogP contribution in [0.2, 0.25) is 0 Å². The first kappa shape index (κ1) is 43.9. The molecule has 11 heteroatoms. The number of hydroxylamine groups is 6. The van der Waals surface area contributed by atoms with E-state index in [4.69, 9.17) is 30.6 Å². The maximum Gasteiger partial charge on any atom is 0.221 e. The van der Waals surface area contributed by atoms with Gasteiger partial charge < -0.3 is 30.0 Å². The summed E-state index contributed by atoms with van der Waals surface area (Å²) in [5.74, 6) is 2.15. The summed E-state index contributed by atoms with van der Waals surface area (Å²) in [6, 6.07) is 0.393. The number of guanidine groups is 2. The molecule has 3 aliphatic heterocycles. The molecule has 51 heavy (non-hydrogen) atoms. The molecular weight excluding hydrogens is 640 g/mol. The molecule has 0 aromatic heterocycles. The molecule has 0 saturated carbocycles. The van der Waals surface area contributed by atoms with Gasteiger partial charge in [0.1, 0.15) is 0 Å². The smallest absolute Gasteiger partial charge is 0.221 e. The molecule has 0 aromatic carbocycles. The zero-order valence-corrected chi connectivity index (χ0v) is 35.7. The van der Waals surface area contributed by atoms with Gasteiger partial charge in [-0.3, -0.25) is 5.41 Å². The van der Waals surface area contributed by atoms with Gasteiger partial charge in [-0.1, -0.05) is 39.0 Å². The average molecular weight is 721 g/mol. The van der Waals surface area contributed by atoms with E-state index in [1.807, 2.05) is 24.1 Å². The fourth-order valence-corrected chi connectivity index (χ4v) is 10.8. The van der Waals surface area contributed by atoms with Gasteiger partial charge in [-0.05, 0) is 126 Å². The Bertz CT molecular complexity index is 1120. The second-order valence-electron chi connectivity index (χ2n) is 19.1. The zero-order valence-electron chi connectivity index (χ0n) is 35.7. The van der Waals surface area contributed by atoms with E-state index in [0.29, 0.717) is 5.96 Å². The molecule has 3 fully saturated rings. The normalized spacial score (nSPS) is 26.6. The van der Waals surface area contributed by atoms with Crippen molar-refractivity contribution >= 4 is 11.9 Å². The molecule has 2 atom stereocenters. The first-order valence-electron chi connectivity index (χ1n) is 20.0. The lowest BCUT2D eigenvalue weighted by atomic mass is 9.68. The molecule has 298 valence electrons. The molecule has 3 aliphatic rings. The van der Waals surface area contributed by atoms with Gasteiger partial charge in [0, 0.05) is 59.9 Å². The molecule has 0 radical (unpaired) electrons. The van der Waals surface area contributed by atoms with Crippen molar-refractivity contribution in [2.24, 2.45) is 22.6 Å². The first-order valence-corrected chi connectivity index (χ1v) is 20.0. The maximum atomic E-state index is 9.04. The largest absolute Gasteiger partial charge is 0.369 e. The third-order valence-electron chi connectivity index (χ3n) is 12.6. The van der Waals surface area contributed by atoms with Crippen molar-refractivity contribution in [2.45, 2.75) is 193 Å². The number of unbranched alkanes of at least 4 members (excludes halogenated alkanes) is 3. The van der Waals surface area contributed by atoms with Crippen LogP contribution in [-0.4, -0.2) is 118 Å². The molecule has 3 saturated heterocycles. The third-order valence-corrected chi connectivity index (χ3v) is 12.6. The van der Waals surface area contributed by atoms with E-state index in [-0.39, 0.29) is 45.7 Å². The number of hydrogen-bond acceptors (Lipinski definition) is 7. The van der Waals surface area contributed by atoms with Crippen LogP contribution in [0, 0.1) is 17.2 Å². The van der Waals surface area contributed by atoms with Crippen molar-refractivity contribution in [2.75, 3.05) is 41.5 Å². The Morgan fingerprint density at radius 1 is 0.745 bits per heavy atom. The molecule has 11 nitrogen and oxygen atoms in total. The summed E-state index contributed by atoms with van der Waals surface area (Å²) in [5.41, 5.74) is 6.52. The Balaban J connectivity index is 1.68. The lowest BCUT2D eigenvalue weighted by Gasteiger charge is -2.55. The van der Waals surface area contributed by atoms with E-state index >= 15 is 0 Å². The maximum absolute atomic E-state index is 9.04. The van der Waals surface area contributed by atoms with Crippen molar-refractivity contribution in [3.8, 4) is 0 Å².